The van der Waals surface area contributed by atoms with E-state index in [4.69, 9.17) is 0 Å². The summed E-state index contributed by atoms with van der Waals surface area (Å²) in [5.74, 6) is 0.955. The van der Waals surface area contributed by atoms with Gasteiger partial charge in [0.2, 0.25) is 0 Å². The van der Waals surface area contributed by atoms with Crippen LogP contribution in [0, 0.1) is 0 Å². The minimum atomic E-state index is -0.289. The molecule has 0 saturated carbocycles. The molecular weight excluding hydrogens is 268 g/mol. The molecule has 2 atom stereocenters. The number of hydrogen-bond donors (Lipinski definition) is 1. The molecule has 3 rings (SSSR count). The Kier molecular flexibility index (Phi) is 3.77. The van der Waals surface area contributed by atoms with Crippen LogP contribution < -0.4 is 4.90 Å². The summed E-state index contributed by atoms with van der Waals surface area (Å²) < 4.78 is 1.77. The van der Waals surface area contributed by atoms with Crippen molar-refractivity contribution in [3.63, 3.8) is 0 Å². The molecule has 1 aliphatic rings. The van der Waals surface area contributed by atoms with Crippen molar-refractivity contribution >= 4 is 16.9 Å². The molecule has 1 N–H and O–H groups in total. The van der Waals surface area contributed by atoms with Crippen LogP contribution in [0.25, 0.3) is 11.0 Å². The van der Waals surface area contributed by atoms with E-state index in [0.717, 1.165) is 43.0 Å². The van der Waals surface area contributed by atoms with Crippen LogP contribution >= 0.6 is 0 Å². The molecule has 0 aliphatic carbocycles. The van der Waals surface area contributed by atoms with Crippen LogP contribution in [0.1, 0.15) is 13.8 Å². The van der Waals surface area contributed by atoms with Crippen LogP contribution in [0.5, 0.6) is 0 Å². The van der Waals surface area contributed by atoms with Gasteiger partial charge in [0.15, 0.2) is 5.65 Å². The third-order valence-corrected chi connectivity index (χ3v) is 4.07. The zero-order chi connectivity index (χ0) is 15.0. The van der Waals surface area contributed by atoms with E-state index in [1.807, 2.05) is 20.2 Å². The number of fused-ring (bicyclic) bond motifs is 1. The number of anilines is 1. The number of aliphatic hydroxyl groups excluding tert-OH is 1. The van der Waals surface area contributed by atoms with Crippen molar-refractivity contribution in [3.05, 3.63) is 12.5 Å². The highest BCUT2D eigenvalue weighted by Gasteiger charge is 2.26. The van der Waals surface area contributed by atoms with Gasteiger partial charge < -0.3 is 10.0 Å². The highest BCUT2D eigenvalue weighted by Crippen LogP contribution is 2.24. The third kappa shape index (κ3) is 2.71. The topological polar surface area (TPSA) is 70.3 Å². The Bertz CT molecular complexity index is 625. The van der Waals surface area contributed by atoms with Gasteiger partial charge in [-0.15, -0.1) is 0 Å². The Labute approximate surface area is 124 Å². The molecule has 0 spiro atoms. The summed E-state index contributed by atoms with van der Waals surface area (Å²) in [7, 11) is 1.89. The lowest BCUT2D eigenvalue weighted by atomic mass is 10.1. The Morgan fingerprint density at radius 2 is 2.19 bits per heavy atom. The van der Waals surface area contributed by atoms with Gasteiger partial charge in [0.25, 0.3) is 0 Å². The fraction of sp³-hybridized carbons (Fsp3) is 0.643. The molecule has 0 radical (unpaired) electrons. The summed E-state index contributed by atoms with van der Waals surface area (Å²) >= 11 is 0. The predicted molar refractivity (Wildman–Crippen MR) is 81.2 cm³/mol. The van der Waals surface area contributed by atoms with E-state index in [0.29, 0.717) is 6.04 Å². The molecule has 0 unspecified atom stereocenters. The lowest BCUT2D eigenvalue weighted by molar-refractivity contribution is 0.0959. The van der Waals surface area contributed by atoms with Crippen LogP contribution in [0.3, 0.4) is 0 Å². The summed E-state index contributed by atoms with van der Waals surface area (Å²) in [4.78, 5) is 13.4. The highest BCUT2D eigenvalue weighted by atomic mass is 16.3. The van der Waals surface area contributed by atoms with Crippen molar-refractivity contribution in [1.82, 2.24) is 24.6 Å². The quantitative estimate of drug-likeness (QED) is 0.874. The molecule has 0 bridgehead atoms. The smallest absolute Gasteiger partial charge is 0.163 e. The van der Waals surface area contributed by atoms with Gasteiger partial charge in [0.1, 0.15) is 12.1 Å². The second-order valence-electron chi connectivity index (χ2n) is 5.84. The first kappa shape index (κ1) is 14.2. The molecular formula is C14H22N6O. The van der Waals surface area contributed by atoms with Crippen molar-refractivity contribution in [3.8, 4) is 0 Å². The van der Waals surface area contributed by atoms with Crippen LogP contribution in [-0.2, 0) is 7.05 Å². The fourth-order valence-corrected chi connectivity index (χ4v) is 3.00. The summed E-state index contributed by atoms with van der Waals surface area (Å²) in [5, 5.41) is 14.8. The molecule has 1 aliphatic heterocycles. The van der Waals surface area contributed by atoms with Crippen molar-refractivity contribution < 1.29 is 5.11 Å². The molecule has 114 valence electrons. The first-order valence-corrected chi connectivity index (χ1v) is 7.36. The maximum absolute atomic E-state index is 9.56. The van der Waals surface area contributed by atoms with Crippen LogP contribution in [-0.4, -0.2) is 68.1 Å². The standard InChI is InChI=1S/C14H22N6O/c1-10-7-20(5-4-19(10)8-11(2)21)14-12-6-17-18(3)13(12)15-9-16-14/h6,9-11,21H,4-5,7-8H2,1-3H3/t10-,11-/m0/s1. The number of nitrogens with zero attached hydrogens (tertiary/aromatic N) is 6. The molecule has 21 heavy (non-hydrogen) atoms. The Balaban J connectivity index is 1.82. The van der Waals surface area contributed by atoms with Gasteiger partial charge in [0, 0.05) is 39.3 Å². The molecule has 1 fully saturated rings. The largest absolute Gasteiger partial charge is 0.392 e. The van der Waals surface area contributed by atoms with E-state index in [-0.39, 0.29) is 6.10 Å². The minimum Gasteiger partial charge on any atom is -0.392 e. The minimum absolute atomic E-state index is 0.289. The zero-order valence-electron chi connectivity index (χ0n) is 12.8. The first-order valence-electron chi connectivity index (χ1n) is 7.36. The van der Waals surface area contributed by atoms with Crippen molar-refractivity contribution in [2.45, 2.75) is 26.0 Å². The normalized spacial score (nSPS) is 21.9. The van der Waals surface area contributed by atoms with E-state index < -0.39 is 0 Å². The molecule has 2 aromatic rings. The van der Waals surface area contributed by atoms with Crippen molar-refractivity contribution in [2.24, 2.45) is 7.05 Å². The number of rotatable bonds is 3. The van der Waals surface area contributed by atoms with Gasteiger partial charge >= 0.3 is 0 Å². The summed E-state index contributed by atoms with van der Waals surface area (Å²) in [6.07, 6.45) is 3.15. The van der Waals surface area contributed by atoms with E-state index in [1.54, 1.807) is 11.0 Å². The van der Waals surface area contributed by atoms with E-state index in [9.17, 15) is 5.11 Å². The Morgan fingerprint density at radius 3 is 2.90 bits per heavy atom. The number of hydrogen-bond acceptors (Lipinski definition) is 6. The van der Waals surface area contributed by atoms with Crippen LogP contribution in [0.2, 0.25) is 0 Å². The van der Waals surface area contributed by atoms with Crippen LogP contribution in [0.15, 0.2) is 12.5 Å². The average molecular weight is 290 g/mol. The molecule has 2 aromatic heterocycles. The molecule has 7 heteroatoms. The molecule has 0 aromatic carbocycles. The lowest BCUT2D eigenvalue weighted by Crippen LogP contribution is -2.53. The zero-order valence-corrected chi connectivity index (χ0v) is 12.8. The lowest BCUT2D eigenvalue weighted by Gasteiger charge is -2.41. The Morgan fingerprint density at radius 1 is 1.38 bits per heavy atom. The van der Waals surface area contributed by atoms with Crippen molar-refractivity contribution in [1.29, 1.82) is 0 Å². The fourth-order valence-electron chi connectivity index (χ4n) is 3.00. The number of aromatic nitrogens is 4. The number of aryl methyl sites for hydroxylation is 1. The maximum atomic E-state index is 9.56. The van der Waals surface area contributed by atoms with Crippen LogP contribution in [0.4, 0.5) is 5.82 Å². The van der Waals surface area contributed by atoms with E-state index in [1.165, 1.54) is 0 Å². The monoisotopic (exact) mass is 290 g/mol. The van der Waals surface area contributed by atoms with E-state index >= 15 is 0 Å². The average Bonchev–Trinajstić information content (AvgIpc) is 2.83. The van der Waals surface area contributed by atoms with Crippen molar-refractivity contribution in [2.75, 3.05) is 31.1 Å². The summed E-state index contributed by atoms with van der Waals surface area (Å²) in [6.45, 7) is 7.48. The van der Waals surface area contributed by atoms with Gasteiger partial charge in [-0.25, -0.2) is 9.97 Å². The van der Waals surface area contributed by atoms with Gasteiger partial charge in [-0.2, -0.15) is 5.10 Å². The molecule has 1 saturated heterocycles. The summed E-state index contributed by atoms with van der Waals surface area (Å²) in [6, 6.07) is 0.384. The number of β-amino-alcohol motifs (C(OH)–C–C–N with tert-alkyl or cyclic N) is 1. The number of piperazine rings is 1. The maximum Gasteiger partial charge on any atom is 0.163 e. The predicted octanol–water partition coefficient (Wildman–Crippen LogP) is 0.255. The number of aliphatic hydroxyl groups is 1. The highest BCUT2D eigenvalue weighted by molar-refractivity contribution is 5.86. The SMILES string of the molecule is C[C@H](O)CN1CCN(c2ncnc3c2cnn3C)C[C@@H]1C. The van der Waals surface area contributed by atoms with Gasteiger partial charge in [0.05, 0.1) is 17.7 Å². The molecule has 0 amide bonds. The van der Waals surface area contributed by atoms with Gasteiger partial charge in [-0.05, 0) is 13.8 Å². The molecule has 3 heterocycles. The van der Waals surface area contributed by atoms with Gasteiger partial charge in [-0.3, -0.25) is 9.58 Å². The summed E-state index contributed by atoms with van der Waals surface area (Å²) in [5.41, 5.74) is 0.860. The van der Waals surface area contributed by atoms with E-state index in [2.05, 4.69) is 31.8 Å². The Hall–Kier alpha value is -1.73. The second kappa shape index (κ2) is 5.57. The third-order valence-electron chi connectivity index (χ3n) is 4.07. The molecule has 7 nitrogen and oxygen atoms in total. The van der Waals surface area contributed by atoms with Gasteiger partial charge in [-0.1, -0.05) is 0 Å². The first-order chi connectivity index (χ1) is 10.1. The second-order valence-corrected chi connectivity index (χ2v) is 5.84.